The lowest BCUT2D eigenvalue weighted by atomic mass is 10.1. The summed E-state index contributed by atoms with van der Waals surface area (Å²) in [5.74, 6) is 1.30. The van der Waals surface area contributed by atoms with Gasteiger partial charge in [0.15, 0.2) is 0 Å². The largest absolute Gasteiger partial charge is 0.379 e. The number of alkyl halides is 1. The summed E-state index contributed by atoms with van der Waals surface area (Å²) in [6, 6.07) is 6.06. The minimum absolute atomic E-state index is 0.316. The van der Waals surface area contributed by atoms with Gasteiger partial charge >= 0.3 is 0 Å². The van der Waals surface area contributed by atoms with Gasteiger partial charge in [-0.1, -0.05) is 11.6 Å². The molecule has 1 aromatic heterocycles. The van der Waals surface area contributed by atoms with Crippen molar-refractivity contribution in [2.24, 2.45) is 0 Å². The Morgan fingerprint density at radius 2 is 2.33 bits per heavy atom. The molecular formula is C13H14Cl2N2O. The maximum absolute atomic E-state index is 6.08. The van der Waals surface area contributed by atoms with Crippen molar-refractivity contribution in [1.29, 1.82) is 0 Å². The zero-order valence-corrected chi connectivity index (χ0v) is 11.4. The van der Waals surface area contributed by atoms with Gasteiger partial charge in [-0.15, -0.1) is 11.6 Å². The number of fused-ring (bicyclic) bond motifs is 1. The first-order chi connectivity index (χ1) is 8.79. The fourth-order valence-electron chi connectivity index (χ4n) is 2.55. The molecule has 1 atom stereocenters. The average Bonchev–Trinajstić information content (AvgIpc) is 2.77. The Labute approximate surface area is 116 Å². The predicted octanol–water partition coefficient (Wildman–Crippen LogP) is 3.78. The van der Waals surface area contributed by atoms with E-state index in [-0.39, 0.29) is 0 Å². The van der Waals surface area contributed by atoms with E-state index in [1.165, 1.54) is 0 Å². The molecule has 0 N–H and O–H groups in total. The Morgan fingerprint density at radius 1 is 1.44 bits per heavy atom. The van der Waals surface area contributed by atoms with Crippen molar-refractivity contribution < 1.29 is 4.74 Å². The molecule has 0 saturated carbocycles. The molecule has 1 aromatic carbocycles. The molecule has 1 saturated heterocycles. The van der Waals surface area contributed by atoms with E-state index >= 15 is 0 Å². The monoisotopic (exact) mass is 284 g/mol. The number of ether oxygens (including phenoxy) is 1. The molecule has 0 spiro atoms. The number of benzene rings is 1. The summed E-state index contributed by atoms with van der Waals surface area (Å²) in [6.07, 6.45) is 2.18. The first kappa shape index (κ1) is 12.3. The molecule has 0 bridgehead atoms. The highest BCUT2D eigenvalue weighted by atomic mass is 35.5. The van der Waals surface area contributed by atoms with Crippen molar-refractivity contribution in [3.63, 3.8) is 0 Å². The highest BCUT2D eigenvalue weighted by Crippen LogP contribution is 2.29. The number of hydrogen-bond acceptors (Lipinski definition) is 2. The summed E-state index contributed by atoms with van der Waals surface area (Å²) < 4.78 is 7.75. The van der Waals surface area contributed by atoms with E-state index < -0.39 is 0 Å². The Balaban J connectivity index is 2.14. The Bertz CT molecular complexity index is 561. The maximum atomic E-state index is 6.08. The normalized spacial score (nSPS) is 20.4. The number of hydrogen-bond donors (Lipinski definition) is 0. The standard InChI is InChI=1S/C13H14Cl2N2O/c14-7-13-16-11-4-3-9(15)6-12(11)17(13)10-2-1-5-18-8-10/h3-4,6,10H,1-2,5,7-8H2. The van der Waals surface area contributed by atoms with E-state index in [0.717, 1.165) is 47.9 Å². The molecule has 1 unspecified atom stereocenters. The Morgan fingerprint density at radius 3 is 3.06 bits per heavy atom. The molecule has 1 fully saturated rings. The van der Waals surface area contributed by atoms with Crippen molar-refractivity contribution >= 4 is 34.2 Å². The number of imidazole rings is 1. The SMILES string of the molecule is ClCc1nc2ccc(Cl)cc2n1C1CCCOC1. The number of halogens is 2. The van der Waals surface area contributed by atoms with Gasteiger partial charge in [-0.25, -0.2) is 4.98 Å². The number of rotatable bonds is 2. The van der Waals surface area contributed by atoms with Gasteiger partial charge in [-0.2, -0.15) is 0 Å². The maximum Gasteiger partial charge on any atom is 0.125 e. The summed E-state index contributed by atoms with van der Waals surface area (Å²) >= 11 is 12.1. The van der Waals surface area contributed by atoms with E-state index in [1.54, 1.807) is 0 Å². The molecule has 18 heavy (non-hydrogen) atoms. The van der Waals surface area contributed by atoms with E-state index in [2.05, 4.69) is 9.55 Å². The van der Waals surface area contributed by atoms with Crippen LogP contribution in [0.4, 0.5) is 0 Å². The van der Waals surface area contributed by atoms with E-state index in [4.69, 9.17) is 27.9 Å². The quantitative estimate of drug-likeness (QED) is 0.785. The van der Waals surface area contributed by atoms with Crippen molar-refractivity contribution in [3.8, 4) is 0 Å². The van der Waals surface area contributed by atoms with Crippen molar-refractivity contribution in [3.05, 3.63) is 29.0 Å². The summed E-state index contributed by atoms with van der Waals surface area (Å²) in [5.41, 5.74) is 1.99. The minimum atomic E-state index is 0.316. The summed E-state index contributed by atoms with van der Waals surface area (Å²) in [7, 11) is 0. The van der Waals surface area contributed by atoms with Gasteiger partial charge in [0.05, 0.1) is 29.6 Å². The van der Waals surface area contributed by atoms with Gasteiger partial charge in [0, 0.05) is 11.6 Å². The minimum Gasteiger partial charge on any atom is -0.379 e. The molecule has 5 heteroatoms. The van der Waals surface area contributed by atoms with Gasteiger partial charge < -0.3 is 9.30 Å². The molecule has 2 aromatic rings. The molecule has 0 aliphatic carbocycles. The fraction of sp³-hybridized carbons (Fsp3) is 0.462. The van der Waals surface area contributed by atoms with Gasteiger partial charge in [0.25, 0.3) is 0 Å². The second-order valence-electron chi connectivity index (χ2n) is 4.54. The topological polar surface area (TPSA) is 27.1 Å². The Hall–Kier alpha value is -0.770. The second-order valence-corrected chi connectivity index (χ2v) is 5.24. The highest BCUT2D eigenvalue weighted by Gasteiger charge is 2.21. The zero-order valence-electron chi connectivity index (χ0n) is 9.90. The molecule has 1 aliphatic heterocycles. The van der Waals surface area contributed by atoms with Crippen LogP contribution >= 0.6 is 23.2 Å². The van der Waals surface area contributed by atoms with Crippen molar-refractivity contribution in [1.82, 2.24) is 9.55 Å². The van der Waals surface area contributed by atoms with Crippen LogP contribution in [0.3, 0.4) is 0 Å². The highest BCUT2D eigenvalue weighted by molar-refractivity contribution is 6.31. The van der Waals surface area contributed by atoms with Gasteiger partial charge in [0.2, 0.25) is 0 Å². The van der Waals surface area contributed by atoms with Crippen LogP contribution in [-0.4, -0.2) is 22.8 Å². The third-order valence-electron chi connectivity index (χ3n) is 3.35. The van der Waals surface area contributed by atoms with Gasteiger partial charge in [0.1, 0.15) is 5.82 Å². The molecule has 3 nitrogen and oxygen atoms in total. The summed E-state index contributed by atoms with van der Waals surface area (Å²) in [4.78, 5) is 4.56. The van der Waals surface area contributed by atoms with Crippen molar-refractivity contribution in [2.75, 3.05) is 13.2 Å². The van der Waals surface area contributed by atoms with Crippen LogP contribution in [0.25, 0.3) is 11.0 Å². The van der Waals surface area contributed by atoms with Crippen molar-refractivity contribution in [2.45, 2.75) is 24.8 Å². The second kappa shape index (κ2) is 5.08. The van der Waals surface area contributed by atoms with Crippen LogP contribution in [0.1, 0.15) is 24.7 Å². The lowest BCUT2D eigenvalue weighted by Gasteiger charge is -2.25. The molecule has 3 rings (SSSR count). The van der Waals surface area contributed by atoms with Crippen LogP contribution in [0.2, 0.25) is 5.02 Å². The number of nitrogens with zero attached hydrogens (tertiary/aromatic N) is 2. The summed E-state index contributed by atoms with van der Waals surface area (Å²) in [6.45, 7) is 1.57. The van der Waals surface area contributed by atoms with Gasteiger partial charge in [-0.3, -0.25) is 0 Å². The van der Waals surface area contributed by atoms with Crippen LogP contribution in [0.5, 0.6) is 0 Å². The van der Waals surface area contributed by atoms with E-state index in [0.29, 0.717) is 11.9 Å². The molecule has 96 valence electrons. The lowest BCUT2D eigenvalue weighted by molar-refractivity contribution is 0.0597. The Kier molecular flexibility index (Phi) is 3.46. The smallest absolute Gasteiger partial charge is 0.125 e. The van der Waals surface area contributed by atoms with Crippen LogP contribution in [0, 0.1) is 0 Å². The fourth-order valence-corrected chi connectivity index (χ4v) is 2.90. The van der Waals surface area contributed by atoms with Gasteiger partial charge in [-0.05, 0) is 31.0 Å². The molecular weight excluding hydrogens is 271 g/mol. The molecule has 0 amide bonds. The van der Waals surface area contributed by atoms with Crippen LogP contribution < -0.4 is 0 Å². The molecule has 1 aliphatic rings. The third-order valence-corrected chi connectivity index (χ3v) is 3.82. The third kappa shape index (κ3) is 2.11. The average molecular weight is 285 g/mol. The summed E-state index contributed by atoms with van der Waals surface area (Å²) in [5, 5.41) is 0.724. The molecule has 2 heterocycles. The lowest BCUT2D eigenvalue weighted by Crippen LogP contribution is -2.22. The predicted molar refractivity (Wildman–Crippen MR) is 73.4 cm³/mol. The first-order valence-electron chi connectivity index (χ1n) is 6.09. The number of aromatic nitrogens is 2. The first-order valence-corrected chi connectivity index (χ1v) is 7.01. The molecule has 0 radical (unpaired) electrons. The van der Waals surface area contributed by atoms with E-state index in [9.17, 15) is 0 Å². The van der Waals surface area contributed by atoms with E-state index in [1.807, 2.05) is 18.2 Å². The van der Waals surface area contributed by atoms with Crippen LogP contribution in [0.15, 0.2) is 18.2 Å². The zero-order chi connectivity index (χ0) is 12.5. The van der Waals surface area contributed by atoms with Crippen LogP contribution in [-0.2, 0) is 10.6 Å².